The number of benzene rings is 2. The Labute approximate surface area is 211 Å². The SMILES string of the molecule is CCCOCCc1cccc(-c2csc(NC(=O)c3cc(F)c(/C=C(\C)C(=O)O)c(F)c3)n2)c1OC. The number of para-hydroxylation sites is 1. The molecule has 1 amide bonds. The molecule has 0 aliphatic heterocycles. The van der Waals surface area contributed by atoms with E-state index in [0.717, 1.165) is 47.1 Å². The third-order valence-electron chi connectivity index (χ3n) is 5.20. The van der Waals surface area contributed by atoms with Crippen LogP contribution in [0.15, 0.2) is 41.3 Å². The predicted octanol–water partition coefficient (Wildman–Crippen LogP) is 5.81. The molecule has 0 aliphatic rings. The quantitative estimate of drug-likeness (QED) is 0.247. The molecule has 1 aromatic heterocycles. The zero-order valence-corrected chi connectivity index (χ0v) is 20.9. The van der Waals surface area contributed by atoms with E-state index in [2.05, 4.69) is 10.3 Å². The normalized spacial score (nSPS) is 11.4. The highest BCUT2D eigenvalue weighted by molar-refractivity contribution is 7.14. The molecule has 2 N–H and O–H groups in total. The van der Waals surface area contributed by atoms with Gasteiger partial charge in [0.05, 0.1) is 19.4 Å². The van der Waals surface area contributed by atoms with Crippen molar-refractivity contribution in [3.63, 3.8) is 0 Å². The number of carbonyl (C=O) groups is 2. The van der Waals surface area contributed by atoms with Crippen LogP contribution in [0, 0.1) is 11.6 Å². The molecule has 36 heavy (non-hydrogen) atoms. The summed E-state index contributed by atoms with van der Waals surface area (Å²) in [7, 11) is 1.57. The lowest BCUT2D eigenvalue weighted by Crippen LogP contribution is -2.13. The van der Waals surface area contributed by atoms with Crippen LogP contribution in [0.4, 0.5) is 13.9 Å². The molecule has 1 heterocycles. The fourth-order valence-corrected chi connectivity index (χ4v) is 4.11. The first-order valence-electron chi connectivity index (χ1n) is 11.2. The smallest absolute Gasteiger partial charge is 0.331 e. The molecule has 7 nitrogen and oxygen atoms in total. The summed E-state index contributed by atoms with van der Waals surface area (Å²) < 4.78 is 40.0. The summed E-state index contributed by atoms with van der Waals surface area (Å²) in [6.07, 6.45) is 2.48. The minimum absolute atomic E-state index is 0.236. The summed E-state index contributed by atoms with van der Waals surface area (Å²) in [6.45, 7) is 4.51. The Morgan fingerprint density at radius 2 is 1.92 bits per heavy atom. The molecule has 0 bridgehead atoms. The first-order chi connectivity index (χ1) is 17.2. The van der Waals surface area contributed by atoms with Crippen molar-refractivity contribution >= 4 is 34.4 Å². The van der Waals surface area contributed by atoms with Gasteiger partial charge in [0.2, 0.25) is 0 Å². The maximum Gasteiger partial charge on any atom is 0.331 e. The third kappa shape index (κ3) is 6.52. The van der Waals surface area contributed by atoms with Crippen LogP contribution in [-0.4, -0.2) is 42.3 Å². The molecule has 0 radical (unpaired) electrons. The number of carboxylic acids is 1. The van der Waals surface area contributed by atoms with E-state index in [4.69, 9.17) is 14.6 Å². The van der Waals surface area contributed by atoms with Gasteiger partial charge in [-0.15, -0.1) is 11.3 Å². The van der Waals surface area contributed by atoms with Gasteiger partial charge in [-0.2, -0.15) is 0 Å². The Bertz CT molecular complexity index is 1270. The number of halogens is 2. The largest absolute Gasteiger partial charge is 0.496 e. The molecule has 190 valence electrons. The summed E-state index contributed by atoms with van der Waals surface area (Å²) in [5.74, 6) is -3.50. The van der Waals surface area contributed by atoms with Crippen molar-refractivity contribution in [2.45, 2.75) is 26.7 Å². The minimum Gasteiger partial charge on any atom is -0.496 e. The van der Waals surface area contributed by atoms with Crippen molar-refractivity contribution < 1.29 is 33.0 Å². The van der Waals surface area contributed by atoms with E-state index in [1.807, 2.05) is 25.1 Å². The number of hydrogen-bond acceptors (Lipinski definition) is 6. The molecule has 10 heteroatoms. The van der Waals surface area contributed by atoms with Crippen molar-refractivity contribution in [1.82, 2.24) is 4.98 Å². The second-order valence-corrected chi connectivity index (χ2v) is 8.70. The zero-order valence-electron chi connectivity index (χ0n) is 20.1. The molecule has 0 fully saturated rings. The summed E-state index contributed by atoms with van der Waals surface area (Å²) >= 11 is 1.15. The summed E-state index contributed by atoms with van der Waals surface area (Å²) in [4.78, 5) is 28.0. The van der Waals surface area contributed by atoms with Crippen molar-refractivity contribution in [3.8, 4) is 17.0 Å². The monoisotopic (exact) mass is 516 g/mol. The zero-order chi connectivity index (χ0) is 26.2. The molecule has 0 unspecified atom stereocenters. The van der Waals surface area contributed by atoms with Gasteiger partial charge in [-0.1, -0.05) is 19.1 Å². The average molecular weight is 517 g/mol. The Balaban J connectivity index is 1.79. The number of methoxy groups -OCH3 is 1. The second kappa shape index (κ2) is 12.4. The lowest BCUT2D eigenvalue weighted by molar-refractivity contribution is -0.132. The highest BCUT2D eigenvalue weighted by atomic mass is 32.1. The van der Waals surface area contributed by atoms with Crippen molar-refractivity contribution in [3.05, 3.63) is 69.6 Å². The van der Waals surface area contributed by atoms with Gasteiger partial charge >= 0.3 is 5.97 Å². The van der Waals surface area contributed by atoms with E-state index in [1.165, 1.54) is 6.92 Å². The van der Waals surface area contributed by atoms with Crippen LogP contribution < -0.4 is 10.1 Å². The van der Waals surface area contributed by atoms with Gasteiger partial charge in [-0.25, -0.2) is 18.6 Å². The van der Waals surface area contributed by atoms with Gasteiger partial charge in [0.15, 0.2) is 5.13 Å². The van der Waals surface area contributed by atoms with Crippen molar-refractivity contribution in [2.24, 2.45) is 0 Å². The highest BCUT2D eigenvalue weighted by Crippen LogP contribution is 2.35. The molecular weight excluding hydrogens is 490 g/mol. The molecule has 0 aliphatic carbocycles. The van der Waals surface area contributed by atoms with Crippen LogP contribution in [0.2, 0.25) is 0 Å². The van der Waals surface area contributed by atoms with E-state index < -0.39 is 29.1 Å². The Kier molecular flexibility index (Phi) is 9.26. The number of nitrogens with zero attached hydrogens (tertiary/aromatic N) is 1. The molecular formula is C26H26F2N2O5S. The molecule has 0 spiro atoms. The maximum absolute atomic E-state index is 14.4. The van der Waals surface area contributed by atoms with Gasteiger partial charge in [-0.05, 0) is 49.6 Å². The maximum atomic E-state index is 14.4. The number of rotatable bonds is 11. The second-order valence-electron chi connectivity index (χ2n) is 7.84. The third-order valence-corrected chi connectivity index (χ3v) is 5.96. The first-order valence-corrected chi connectivity index (χ1v) is 12.0. The molecule has 0 saturated heterocycles. The number of thiazole rings is 1. The van der Waals surface area contributed by atoms with Crippen LogP contribution in [0.5, 0.6) is 5.75 Å². The van der Waals surface area contributed by atoms with Crippen LogP contribution in [0.1, 0.15) is 41.8 Å². The molecule has 2 aromatic carbocycles. The lowest BCUT2D eigenvalue weighted by Gasteiger charge is -2.12. The average Bonchev–Trinajstić information content (AvgIpc) is 3.31. The van der Waals surface area contributed by atoms with Crippen LogP contribution >= 0.6 is 11.3 Å². The van der Waals surface area contributed by atoms with Gasteiger partial charge in [0.1, 0.15) is 17.4 Å². The van der Waals surface area contributed by atoms with E-state index in [9.17, 15) is 18.4 Å². The Morgan fingerprint density at radius 3 is 2.56 bits per heavy atom. The van der Waals surface area contributed by atoms with Crippen LogP contribution in [0.3, 0.4) is 0 Å². The van der Waals surface area contributed by atoms with E-state index >= 15 is 0 Å². The topological polar surface area (TPSA) is 97.8 Å². The Hall–Kier alpha value is -3.63. The number of ether oxygens (including phenoxy) is 2. The van der Waals surface area contributed by atoms with Gasteiger partial charge in [0, 0.05) is 34.3 Å². The first kappa shape index (κ1) is 27.0. The molecule has 0 atom stereocenters. The highest BCUT2D eigenvalue weighted by Gasteiger charge is 2.18. The fourth-order valence-electron chi connectivity index (χ4n) is 3.41. The summed E-state index contributed by atoms with van der Waals surface area (Å²) in [5.41, 5.74) is 1.24. The number of hydrogen-bond donors (Lipinski definition) is 2. The fraction of sp³-hybridized carbons (Fsp3) is 0.269. The van der Waals surface area contributed by atoms with Crippen LogP contribution in [0.25, 0.3) is 17.3 Å². The van der Waals surface area contributed by atoms with E-state index in [1.54, 1.807) is 12.5 Å². The van der Waals surface area contributed by atoms with Gasteiger partial charge in [-0.3, -0.25) is 10.1 Å². The number of anilines is 1. The summed E-state index contributed by atoms with van der Waals surface area (Å²) in [6, 6.07) is 7.39. The van der Waals surface area contributed by atoms with E-state index in [-0.39, 0.29) is 16.3 Å². The van der Waals surface area contributed by atoms with Crippen LogP contribution in [-0.2, 0) is 16.0 Å². The van der Waals surface area contributed by atoms with E-state index in [0.29, 0.717) is 31.1 Å². The number of nitrogens with one attached hydrogen (secondary N) is 1. The standard InChI is InChI=1S/C26H26F2N2O5S/c1-4-9-35-10-8-16-6-5-7-18(23(16)34-3)22-14-36-26(29-22)30-24(31)17-12-20(27)19(21(28)13-17)11-15(2)25(32)33/h5-7,11-14H,4,8-10H2,1-3H3,(H,32,33)(H,29,30,31)/b15-11+. The minimum atomic E-state index is -1.30. The number of carbonyl (C=O) groups excluding carboxylic acids is 1. The summed E-state index contributed by atoms with van der Waals surface area (Å²) in [5, 5.41) is 13.5. The lowest BCUT2D eigenvalue weighted by atomic mass is 10.0. The van der Waals surface area contributed by atoms with Crippen molar-refractivity contribution in [2.75, 3.05) is 25.6 Å². The molecule has 3 rings (SSSR count). The number of aromatic nitrogens is 1. The Morgan fingerprint density at radius 1 is 1.19 bits per heavy atom. The van der Waals surface area contributed by atoms with Crippen molar-refractivity contribution in [1.29, 1.82) is 0 Å². The molecule has 0 saturated carbocycles. The number of aliphatic carboxylic acids is 1. The molecule has 3 aromatic rings. The number of carboxylic acid groups (broad SMARTS) is 1. The predicted molar refractivity (Wildman–Crippen MR) is 135 cm³/mol. The number of amides is 1. The van der Waals surface area contributed by atoms with Gasteiger partial charge in [0.25, 0.3) is 5.91 Å². The van der Waals surface area contributed by atoms with Gasteiger partial charge < -0.3 is 14.6 Å².